The Labute approximate surface area is 152 Å². The van der Waals surface area contributed by atoms with Crippen molar-refractivity contribution < 1.29 is 14.3 Å². The van der Waals surface area contributed by atoms with Crippen molar-refractivity contribution in [1.82, 2.24) is 19.9 Å². The van der Waals surface area contributed by atoms with Gasteiger partial charge in [-0.2, -0.15) is 0 Å². The summed E-state index contributed by atoms with van der Waals surface area (Å²) in [7, 11) is 0. The van der Waals surface area contributed by atoms with E-state index in [4.69, 9.17) is 4.74 Å². The normalized spacial score (nSPS) is 17.2. The lowest BCUT2D eigenvalue weighted by atomic mass is 10.0. The van der Waals surface area contributed by atoms with Gasteiger partial charge in [0, 0.05) is 6.54 Å². The number of aromatic nitrogens is 3. The van der Waals surface area contributed by atoms with E-state index >= 15 is 0 Å². The van der Waals surface area contributed by atoms with Crippen LogP contribution in [0.5, 0.6) is 0 Å². The van der Waals surface area contributed by atoms with Crippen LogP contribution in [0.4, 0.5) is 0 Å². The minimum absolute atomic E-state index is 0.265. The lowest BCUT2D eigenvalue weighted by Gasteiger charge is -2.33. The Morgan fingerprint density at radius 2 is 1.92 bits per heavy atom. The van der Waals surface area contributed by atoms with E-state index in [-0.39, 0.29) is 17.6 Å². The van der Waals surface area contributed by atoms with Gasteiger partial charge in [0.1, 0.15) is 6.04 Å². The van der Waals surface area contributed by atoms with Gasteiger partial charge >= 0.3 is 5.97 Å². The summed E-state index contributed by atoms with van der Waals surface area (Å²) in [6.07, 6.45) is 2.39. The summed E-state index contributed by atoms with van der Waals surface area (Å²) in [6.45, 7) is 6.43. The molecular formula is C19H24N4O3. The minimum atomic E-state index is -0.542. The largest absolute Gasteiger partial charge is 0.464 e. The highest BCUT2D eigenvalue weighted by molar-refractivity contribution is 5.96. The number of piperidine rings is 1. The molecule has 1 fully saturated rings. The van der Waals surface area contributed by atoms with Gasteiger partial charge in [-0.1, -0.05) is 22.9 Å². The van der Waals surface area contributed by atoms with Gasteiger partial charge in [-0.3, -0.25) is 4.79 Å². The first-order valence-electron chi connectivity index (χ1n) is 9.00. The number of aryl methyl sites for hydroxylation is 1. The molecule has 1 aliphatic heterocycles. The van der Waals surface area contributed by atoms with Gasteiger partial charge in [0.05, 0.1) is 18.0 Å². The summed E-state index contributed by atoms with van der Waals surface area (Å²) in [4.78, 5) is 26.9. The monoisotopic (exact) mass is 356 g/mol. The fourth-order valence-electron chi connectivity index (χ4n) is 3.25. The average molecular weight is 356 g/mol. The second-order valence-electron chi connectivity index (χ2n) is 6.53. The molecule has 1 aliphatic rings. The zero-order valence-electron chi connectivity index (χ0n) is 15.4. The number of hydrogen-bond acceptors (Lipinski definition) is 5. The van der Waals surface area contributed by atoms with Crippen LogP contribution in [-0.2, 0) is 9.53 Å². The molecule has 0 N–H and O–H groups in total. The van der Waals surface area contributed by atoms with E-state index in [0.29, 0.717) is 25.3 Å². The van der Waals surface area contributed by atoms with E-state index < -0.39 is 6.04 Å². The molecule has 1 amide bonds. The van der Waals surface area contributed by atoms with E-state index in [0.717, 1.165) is 24.1 Å². The number of nitrogens with zero attached hydrogens (tertiary/aromatic N) is 4. The van der Waals surface area contributed by atoms with E-state index in [1.54, 1.807) is 16.5 Å². The van der Waals surface area contributed by atoms with Crippen molar-refractivity contribution in [3.63, 3.8) is 0 Å². The van der Waals surface area contributed by atoms with Crippen LogP contribution in [0.25, 0.3) is 5.69 Å². The van der Waals surface area contributed by atoms with E-state index in [1.165, 1.54) is 0 Å². The van der Waals surface area contributed by atoms with Gasteiger partial charge in [0.25, 0.3) is 5.91 Å². The van der Waals surface area contributed by atoms with Crippen molar-refractivity contribution in [3.8, 4) is 5.69 Å². The Morgan fingerprint density at radius 1 is 1.19 bits per heavy atom. The van der Waals surface area contributed by atoms with Gasteiger partial charge in [-0.25, -0.2) is 9.48 Å². The molecule has 1 aromatic carbocycles. The molecule has 1 saturated heterocycles. The Bertz CT molecular complexity index is 798. The second kappa shape index (κ2) is 7.68. The summed E-state index contributed by atoms with van der Waals surface area (Å²) in [6, 6.07) is 7.31. The fraction of sp³-hybridized carbons (Fsp3) is 0.474. The molecule has 26 heavy (non-hydrogen) atoms. The second-order valence-corrected chi connectivity index (χ2v) is 6.53. The van der Waals surface area contributed by atoms with Crippen LogP contribution in [0.3, 0.4) is 0 Å². The van der Waals surface area contributed by atoms with Crippen LogP contribution in [-0.4, -0.2) is 51.0 Å². The number of benzene rings is 1. The maximum atomic E-state index is 13.0. The van der Waals surface area contributed by atoms with Crippen molar-refractivity contribution in [2.24, 2.45) is 0 Å². The van der Waals surface area contributed by atoms with E-state index in [1.807, 2.05) is 38.1 Å². The number of amides is 1. The van der Waals surface area contributed by atoms with Crippen LogP contribution in [0, 0.1) is 13.8 Å². The topological polar surface area (TPSA) is 77.3 Å². The lowest BCUT2D eigenvalue weighted by Crippen LogP contribution is -2.49. The Hall–Kier alpha value is -2.70. The van der Waals surface area contributed by atoms with Gasteiger partial charge in [0.2, 0.25) is 0 Å². The summed E-state index contributed by atoms with van der Waals surface area (Å²) in [5, 5.41) is 8.24. The average Bonchev–Trinajstić information content (AvgIpc) is 3.03. The Kier molecular flexibility index (Phi) is 5.35. The Balaban J connectivity index is 1.87. The first kappa shape index (κ1) is 18.1. The summed E-state index contributed by atoms with van der Waals surface area (Å²) >= 11 is 0. The van der Waals surface area contributed by atoms with Gasteiger partial charge in [-0.05, 0) is 52.2 Å². The molecule has 3 rings (SSSR count). The highest BCUT2D eigenvalue weighted by Crippen LogP contribution is 2.22. The Morgan fingerprint density at radius 3 is 2.62 bits per heavy atom. The molecule has 0 spiro atoms. The molecule has 2 heterocycles. The number of carbonyl (C=O) groups excluding carboxylic acids is 2. The van der Waals surface area contributed by atoms with Gasteiger partial charge < -0.3 is 9.64 Å². The van der Waals surface area contributed by atoms with Crippen LogP contribution in [0.1, 0.15) is 47.9 Å². The van der Waals surface area contributed by atoms with Crippen molar-refractivity contribution >= 4 is 11.9 Å². The van der Waals surface area contributed by atoms with Gasteiger partial charge in [0.15, 0.2) is 5.69 Å². The number of esters is 1. The van der Waals surface area contributed by atoms with Crippen LogP contribution >= 0.6 is 0 Å². The van der Waals surface area contributed by atoms with Crippen LogP contribution in [0.15, 0.2) is 24.3 Å². The molecule has 138 valence electrons. The molecular weight excluding hydrogens is 332 g/mol. The standard InChI is InChI=1S/C19H24N4O3/c1-4-26-19(25)16-7-5-6-12-22(16)18(24)17-14(3)23(21-20-17)15-10-8-13(2)9-11-15/h8-11,16H,4-7,12H2,1-3H3. The van der Waals surface area contributed by atoms with Crippen molar-refractivity contribution in [3.05, 3.63) is 41.2 Å². The maximum Gasteiger partial charge on any atom is 0.328 e. The number of likely N-dealkylation sites (tertiary alicyclic amines) is 1. The van der Waals surface area contributed by atoms with Crippen molar-refractivity contribution in [2.45, 2.75) is 46.1 Å². The number of carbonyl (C=O) groups is 2. The molecule has 2 aromatic rings. The third-order valence-corrected chi connectivity index (χ3v) is 4.70. The lowest BCUT2D eigenvalue weighted by molar-refractivity contribution is -0.149. The number of hydrogen-bond donors (Lipinski definition) is 0. The van der Waals surface area contributed by atoms with E-state index in [9.17, 15) is 9.59 Å². The zero-order valence-corrected chi connectivity index (χ0v) is 15.4. The predicted octanol–water partition coefficient (Wildman–Crippen LogP) is 2.44. The quantitative estimate of drug-likeness (QED) is 0.787. The first-order chi connectivity index (χ1) is 12.5. The smallest absolute Gasteiger partial charge is 0.328 e. The number of rotatable bonds is 4. The molecule has 1 aromatic heterocycles. The van der Waals surface area contributed by atoms with Crippen molar-refractivity contribution in [2.75, 3.05) is 13.2 Å². The summed E-state index contributed by atoms with van der Waals surface area (Å²) in [5.41, 5.74) is 2.93. The van der Waals surface area contributed by atoms with Crippen LogP contribution in [0.2, 0.25) is 0 Å². The first-order valence-corrected chi connectivity index (χ1v) is 9.00. The molecule has 1 unspecified atom stereocenters. The molecule has 0 aliphatic carbocycles. The minimum Gasteiger partial charge on any atom is -0.464 e. The zero-order chi connectivity index (χ0) is 18.7. The molecule has 7 heteroatoms. The number of ether oxygens (including phenoxy) is 1. The summed E-state index contributed by atoms with van der Waals surface area (Å²) in [5.74, 6) is -0.609. The molecule has 0 saturated carbocycles. The third-order valence-electron chi connectivity index (χ3n) is 4.70. The van der Waals surface area contributed by atoms with Gasteiger partial charge in [-0.15, -0.1) is 5.10 Å². The SMILES string of the molecule is CCOC(=O)C1CCCCN1C(=O)c1nnn(-c2ccc(C)cc2)c1C. The molecule has 0 bridgehead atoms. The van der Waals surface area contributed by atoms with Crippen LogP contribution < -0.4 is 0 Å². The highest BCUT2D eigenvalue weighted by Gasteiger charge is 2.35. The summed E-state index contributed by atoms with van der Waals surface area (Å²) < 4.78 is 6.79. The fourth-order valence-corrected chi connectivity index (χ4v) is 3.25. The van der Waals surface area contributed by atoms with E-state index in [2.05, 4.69) is 10.3 Å². The highest BCUT2D eigenvalue weighted by atomic mass is 16.5. The molecule has 0 radical (unpaired) electrons. The molecule has 7 nitrogen and oxygen atoms in total. The maximum absolute atomic E-state index is 13.0. The predicted molar refractivity (Wildman–Crippen MR) is 96.1 cm³/mol. The third kappa shape index (κ3) is 3.47. The van der Waals surface area contributed by atoms with Crippen molar-refractivity contribution in [1.29, 1.82) is 0 Å². The molecule has 1 atom stereocenters.